The summed E-state index contributed by atoms with van der Waals surface area (Å²) in [6, 6.07) is 4.03. The molecule has 0 bridgehead atoms. The molecular formula is C14H23N3O2. The first-order valence-electron chi connectivity index (χ1n) is 7.05. The van der Waals surface area contributed by atoms with Crippen LogP contribution in [0.1, 0.15) is 37.5 Å². The lowest BCUT2D eigenvalue weighted by Crippen LogP contribution is -2.36. The molecule has 1 atom stereocenters. The van der Waals surface area contributed by atoms with E-state index in [4.69, 9.17) is 10.2 Å². The zero-order valence-corrected chi connectivity index (χ0v) is 11.3. The number of amides is 1. The number of carbonyl (C=O) groups is 1. The molecule has 19 heavy (non-hydrogen) atoms. The molecule has 0 radical (unpaired) electrons. The summed E-state index contributed by atoms with van der Waals surface area (Å²) in [5.74, 6) is 1.00. The minimum atomic E-state index is 0.0706. The van der Waals surface area contributed by atoms with Crippen LogP contribution in [0.2, 0.25) is 0 Å². The fraction of sp³-hybridized carbons (Fsp3) is 0.643. The van der Waals surface area contributed by atoms with E-state index >= 15 is 0 Å². The maximum absolute atomic E-state index is 11.7. The molecule has 0 aromatic carbocycles. The Kier molecular flexibility index (Phi) is 5.42. The zero-order valence-electron chi connectivity index (χ0n) is 11.3. The number of furan rings is 1. The lowest BCUT2D eigenvalue weighted by atomic mass is 10.2. The van der Waals surface area contributed by atoms with Gasteiger partial charge in [-0.15, -0.1) is 0 Å². The first-order chi connectivity index (χ1) is 9.31. The summed E-state index contributed by atoms with van der Waals surface area (Å²) in [4.78, 5) is 14.1. The standard InChI is InChI=1S/C14H23N3O2/c15-7-3-6-14(18)16-11-12(13-5-4-10-19-13)17-8-1-2-9-17/h4-5,10,12H,1-3,6-9,11,15H2,(H,16,18). The first kappa shape index (κ1) is 14.1. The number of nitrogens with two attached hydrogens (primary N) is 1. The van der Waals surface area contributed by atoms with Gasteiger partial charge in [0.15, 0.2) is 0 Å². The molecule has 5 nitrogen and oxygen atoms in total. The molecule has 1 saturated heterocycles. The third-order valence-electron chi connectivity index (χ3n) is 3.55. The van der Waals surface area contributed by atoms with Crippen LogP contribution in [0.4, 0.5) is 0 Å². The van der Waals surface area contributed by atoms with E-state index in [9.17, 15) is 4.79 Å². The van der Waals surface area contributed by atoms with Gasteiger partial charge in [-0.3, -0.25) is 9.69 Å². The Balaban J connectivity index is 1.89. The van der Waals surface area contributed by atoms with Crippen molar-refractivity contribution in [3.8, 4) is 0 Å². The average Bonchev–Trinajstić information content (AvgIpc) is 3.09. The second-order valence-corrected chi connectivity index (χ2v) is 4.97. The van der Waals surface area contributed by atoms with Gasteiger partial charge >= 0.3 is 0 Å². The van der Waals surface area contributed by atoms with E-state index in [2.05, 4.69) is 10.2 Å². The maximum Gasteiger partial charge on any atom is 0.220 e. The molecule has 2 rings (SSSR count). The lowest BCUT2D eigenvalue weighted by molar-refractivity contribution is -0.121. The molecule has 5 heteroatoms. The van der Waals surface area contributed by atoms with Crippen LogP contribution in [0.15, 0.2) is 22.8 Å². The second kappa shape index (κ2) is 7.31. The molecule has 106 valence electrons. The van der Waals surface area contributed by atoms with Gasteiger partial charge in [-0.1, -0.05) is 0 Å². The summed E-state index contributed by atoms with van der Waals surface area (Å²) >= 11 is 0. The zero-order chi connectivity index (χ0) is 13.5. The number of likely N-dealkylation sites (tertiary alicyclic amines) is 1. The molecule has 1 aliphatic rings. The maximum atomic E-state index is 11.7. The molecule has 1 aromatic rings. The number of nitrogens with one attached hydrogen (secondary N) is 1. The number of nitrogens with zero attached hydrogens (tertiary/aromatic N) is 1. The van der Waals surface area contributed by atoms with Crippen molar-refractivity contribution in [1.29, 1.82) is 0 Å². The molecule has 1 aromatic heterocycles. The Morgan fingerprint density at radius 1 is 1.47 bits per heavy atom. The average molecular weight is 265 g/mol. The Labute approximate surface area is 114 Å². The molecule has 0 spiro atoms. The van der Waals surface area contributed by atoms with Crippen LogP contribution in [0.25, 0.3) is 0 Å². The summed E-state index contributed by atoms with van der Waals surface area (Å²) in [7, 11) is 0. The summed E-state index contributed by atoms with van der Waals surface area (Å²) in [5, 5.41) is 2.99. The number of hydrogen-bond donors (Lipinski definition) is 2. The van der Waals surface area contributed by atoms with Crippen molar-refractivity contribution < 1.29 is 9.21 Å². The third-order valence-corrected chi connectivity index (χ3v) is 3.55. The van der Waals surface area contributed by atoms with Gasteiger partial charge in [0, 0.05) is 13.0 Å². The van der Waals surface area contributed by atoms with Crippen molar-refractivity contribution in [1.82, 2.24) is 10.2 Å². The Bertz CT molecular complexity index is 372. The van der Waals surface area contributed by atoms with E-state index in [1.807, 2.05) is 12.1 Å². The monoisotopic (exact) mass is 265 g/mol. The topological polar surface area (TPSA) is 71.5 Å². The van der Waals surface area contributed by atoms with Crippen molar-refractivity contribution in [2.24, 2.45) is 5.73 Å². The largest absolute Gasteiger partial charge is 0.468 e. The van der Waals surface area contributed by atoms with Crippen LogP contribution >= 0.6 is 0 Å². The van der Waals surface area contributed by atoms with Crippen molar-refractivity contribution in [2.75, 3.05) is 26.2 Å². The van der Waals surface area contributed by atoms with Gasteiger partial charge < -0.3 is 15.5 Å². The summed E-state index contributed by atoms with van der Waals surface area (Å²) in [6.07, 6.45) is 5.37. The predicted molar refractivity (Wildman–Crippen MR) is 73.6 cm³/mol. The van der Waals surface area contributed by atoms with Crippen molar-refractivity contribution in [3.63, 3.8) is 0 Å². The van der Waals surface area contributed by atoms with Crippen LogP contribution in [0, 0.1) is 0 Å². The molecule has 0 aliphatic carbocycles. The second-order valence-electron chi connectivity index (χ2n) is 4.97. The van der Waals surface area contributed by atoms with Crippen molar-refractivity contribution in [3.05, 3.63) is 24.2 Å². The predicted octanol–water partition coefficient (Wildman–Crippen LogP) is 1.27. The molecule has 2 heterocycles. The molecule has 0 saturated carbocycles. The highest BCUT2D eigenvalue weighted by atomic mass is 16.3. The normalized spacial score (nSPS) is 17.5. The SMILES string of the molecule is NCCCC(=O)NCC(c1ccco1)N1CCCC1. The molecule has 1 fully saturated rings. The summed E-state index contributed by atoms with van der Waals surface area (Å²) in [5.41, 5.74) is 5.41. The summed E-state index contributed by atoms with van der Waals surface area (Å²) in [6.45, 7) is 3.31. The first-order valence-corrected chi connectivity index (χ1v) is 7.05. The van der Waals surface area contributed by atoms with Crippen molar-refractivity contribution >= 4 is 5.91 Å². The Hall–Kier alpha value is -1.33. The van der Waals surface area contributed by atoms with Gasteiger partial charge in [-0.25, -0.2) is 0 Å². The van der Waals surface area contributed by atoms with Gasteiger partial charge in [0.05, 0.1) is 12.3 Å². The van der Waals surface area contributed by atoms with Gasteiger partial charge in [-0.05, 0) is 51.0 Å². The van der Waals surface area contributed by atoms with Crippen molar-refractivity contribution in [2.45, 2.75) is 31.7 Å². The van der Waals surface area contributed by atoms with Gasteiger partial charge in [0.2, 0.25) is 5.91 Å². The smallest absolute Gasteiger partial charge is 0.220 e. The van der Waals surface area contributed by atoms with E-state index in [0.717, 1.165) is 25.3 Å². The van der Waals surface area contributed by atoms with Gasteiger partial charge in [0.1, 0.15) is 5.76 Å². The number of carbonyl (C=O) groups excluding carboxylic acids is 1. The molecular weight excluding hydrogens is 242 g/mol. The molecule has 1 aliphatic heterocycles. The molecule has 1 unspecified atom stereocenters. The number of rotatable bonds is 7. The Morgan fingerprint density at radius 2 is 2.26 bits per heavy atom. The van der Waals surface area contributed by atoms with Gasteiger partial charge in [-0.2, -0.15) is 0 Å². The fourth-order valence-electron chi connectivity index (χ4n) is 2.51. The highest BCUT2D eigenvalue weighted by Crippen LogP contribution is 2.24. The quantitative estimate of drug-likeness (QED) is 0.779. The highest BCUT2D eigenvalue weighted by molar-refractivity contribution is 5.75. The minimum absolute atomic E-state index is 0.0706. The van der Waals surface area contributed by atoms with E-state index in [-0.39, 0.29) is 11.9 Å². The van der Waals surface area contributed by atoms with Crippen LogP contribution in [-0.4, -0.2) is 37.0 Å². The lowest BCUT2D eigenvalue weighted by Gasteiger charge is -2.26. The van der Waals surface area contributed by atoms with E-state index in [1.165, 1.54) is 12.8 Å². The number of hydrogen-bond acceptors (Lipinski definition) is 4. The van der Waals surface area contributed by atoms with E-state index in [1.54, 1.807) is 6.26 Å². The van der Waals surface area contributed by atoms with E-state index < -0.39 is 0 Å². The highest BCUT2D eigenvalue weighted by Gasteiger charge is 2.25. The van der Waals surface area contributed by atoms with Crippen LogP contribution in [0.3, 0.4) is 0 Å². The van der Waals surface area contributed by atoms with E-state index in [0.29, 0.717) is 19.5 Å². The fourth-order valence-corrected chi connectivity index (χ4v) is 2.51. The van der Waals surface area contributed by atoms with Gasteiger partial charge in [0.25, 0.3) is 0 Å². The van der Waals surface area contributed by atoms with Crippen LogP contribution < -0.4 is 11.1 Å². The molecule has 1 amide bonds. The molecule has 3 N–H and O–H groups in total. The Morgan fingerprint density at radius 3 is 2.89 bits per heavy atom. The summed E-state index contributed by atoms with van der Waals surface area (Å²) < 4.78 is 5.51. The van der Waals surface area contributed by atoms with Crippen LogP contribution in [0.5, 0.6) is 0 Å². The minimum Gasteiger partial charge on any atom is -0.468 e. The van der Waals surface area contributed by atoms with Crippen LogP contribution in [-0.2, 0) is 4.79 Å². The third kappa shape index (κ3) is 4.08.